The molecule has 0 spiro atoms. The van der Waals surface area contributed by atoms with E-state index in [1.807, 2.05) is 38.1 Å². The van der Waals surface area contributed by atoms with Gasteiger partial charge < -0.3 is 14.7 Å². The summed E-state index contributed by atoms with van der Waals surface area (Å²) in [6, 6.07) is 10.5. The number of nitrogens with zero attached hydrogens (tertiary/aromatic N) is 1. The maximum Gasteiger partial charge on any atom is 0.295 e. The predicted octanol–water partition coefficient (Wildman–Crippen LogP) is 5.05. The van der Waals surface area contributed by atoms with Crippen molar-refractivity contribution in [2.75, 3.05) is 13.7 Å². The topological polar surface area (TPSA) is 66.8 Å². The first-order chi connectivity index (χ1) is 14.3. The molecule has 1 saturated heterocycles. The van der Waals surface area contributed by atoms with E-state index in [9.17, 15) is 14.7 Å². The third-order valence-corrected chi connectivity index (χ3v) is 5.64. The van der Waals surface area contributed by atoms with Gasteiger partial charge in [-0.25, -0.2) is 0 Å². The third-order valence-electron chi connectivity index (χ3n) is 5.36. The number of rotatable bonds is 6. The number of likely N-dealkylation sites (tertiary alicyclic amines) is 1. The van der Waals surface area contributed by atoms with Gasteiger partial charge >= 0.3 is 0 Å². The van der Waals surface area contributed by atoms with E-state index in [1.165, 1.54) is 12.0 Å². The molecule has 158 valence electrons. The van der Waals surface area contributed by atoms with Crippen LogP contribution >= 0.6 is 11.6 Å². The number of aryl methyl sites for hydroxylation is 2. The molecule has 1 fully saturated rings. The van der Waals surface area contributed by atoms with Crippen LogP contribution in [0.15, 0.2) is 42.0 Å². The van der Waals surface area contributed by atoms with Crippen molar-refractivity contribution in [1.82, 2.24) is 4.90 Å². The molecule has 6 heteroatoms. The summed E-state index contributed by atoms with van der Waals surface area (Å²) in [7, 11) is 1.45. The van der Waals surface area contributed by atoms with E-state index in [4.69, 9.17) is 16.3 Å². The van der Waals surface area contributed by atoms with Crippen LogP contribution in [-0.4, -0.2) is 35.4 Å². The zero-order valence-corrected chi connectivity index (χ0v) is 18.4. The van der Waals surface area contributed by atoms with Gasteiger partial charge in [0.25, 0.3) is 11.7 Å². The Bertz CT molecular complexity index is 1010. The summed E-state index contributed by atoms with van der Waals surface area (Å²) < 4.78 is 5.38. The van der Waals surface area contributed by atoms with Crippen LogP contribution in [0, 0.1) is 6.92 Å². The Kier molecular flexibility index (Phi) is 6.52. The second-order valence-electron chi connectivity index (χ2n) is 7.42. The lowest BCUT2D eigenvalue weighted by molar-refractivity contribution is -0.139. The number of carbonyl (C=O) groups excluding carboxylic acids is 2. The fourth-order valence-electron chi connectivity index (χ4n) is 3.89. The van der Waals surface area contributed by atoms with Gasteiger partial charge in [0, 0.05) is 6.54 Å². The van der Waals surface area contributed by atoms with Gasteiger partial charge in [-0.1, -0.05) is 49.7 Å². The van der Waals surface area contributed by atoms with Gasteiger partial charge in [0.05, 0.1) is 29.3 Å². The molecule has 1 amide bonds. The fraction of sp³-hybridized carbons (Fsp3) is 0.333. The molecule has 0 aliphatic carbocycles. The molecule has 0 radical (unpaired) electrons. The highest BCUT2D eigenvalue weighted by Crippen LogP contribution is 2.42. The van der Waals surface area contributed by atoms with E-state index in [1.54, 1.807) is 12.1 Å². The number of methoxy groups -OCH3 is 1. The summed E-state index contributed by atoms with van der Waals surface area (Å²) in [4.78, 5) is 27.3. The maximum absolute atomic E-state index is 13.0. The van der Waals surface area contributed by atoms with E-state index in [2.05, 4.69) is 6.92 Å². The molecule has 0 aromatic heterocycles. The van der Waals surface area contributed by atoms with Crippen LogP contribution in [0.5, 0.6) is 5.75 Å². The quantitative estimate of drug-likeness (QED) is 0.398. The smallest absolute Gasteiger partial charge is 0.295 e. The monoisotopic (exact) mass is 427 g/mol. The number of amides is 1. The second kappa shape index (κ2) is 8.92. The van der Waals surface area contributed by atoms with Crippen molar-refractivity contribution >= 4 is 29.1 Å². The first kappa shape index (κ1) is 21.9. The molecule has 5 nitrogen and oxygen atoms in total. The standard InChI is InChI=1S/C24H26ClNO4/c1-5-11-26-20(16-9-7-15(6-2)8-10-16)19(22(28)24(26)29)21(27)17-12-14(3)13-18(25)23(17)30-4/h7-10,12-13,20,27H,5-6,11H2,1-4H3/b21-19+. The average molecular weight is 428 g/mol. The normalized spacial score (nSPS) is 18.2. The van der Waals surface area contributed by atoms with E-state index < -0.39 is 17.7 Å². The summed E-state index contributed by atoms with van der Waals surface area (Å²) in [5.41, 5.74) is 3.08. The van der Waals surface area contributed by atoms with Crippen molar-refractivity contribution < 1.29 is 19.4 Å². The Morgan fingerprint density at radius 2 is 1.83 bits per heavy atom. The van der Waals surface area contributed by atoms with E-state index in [0.717, 1.165) is 23.1 Å². The van der Waals surface area contributed by atoms with Crippen LogP contribution < -0.4 is 4.74 Å². The molecule has 0 saturated carbocycles. The molecule has 1 aliphatic rings. The first-order valence-electron chi connectivity index (χ1n) is 10.1. The highest BCUT2D eigenvalue weighted by atomic mass is 35.5. The molecule has 1 atom stereocenters. The fourth-order valence-corrected chi connectivity index (χ4v) is 4.24. The minimum Gasteiger partial charge on any atom is -0.507 e. The van der Waals surface area contributed by atoms with Gasteiger partial charge in [-0.05, 0) is 48.6 Å². The highest BCUT2D eigenvalue weighted by Gasteiger charge is 2.46. The Morgan fingerprint density at radius 3 is 2.40 bits per heavy atom. The van der Waals surface area contributed by atoms with Gasteiger partial charge in [-0.15, -0.1) is 0 Å². The molecule has 1 N–H and O–H groups in total. The Labute approximate surface area is 181 Å². The summed E-state index contributed by atoms with van der Waals surface area (Å²) in [5, 5.41) is 11.6. The minimum atomic E-state index is -0.704. The van der Waals surface area contributed by atoms with Crippen molar-refractivity contribution in [3.05, 3.63) is 69.2 Å². The van der Waals surface area contributed by atoms with E-state index >= 15 is 0 Å². The lowest BCUT2D eigenvalue weighted by Crippen LogP contribution is -2.30. The molecule has 2 aromatic rings. The van der Waals surface area contributed by atoms with Crippen molar-refractivity contribution in [3.63, 3.8) is 0 Å². The van der Waals surface area contributed by atoms with Gasteiger partial charge in [0.15, 0.2) is 0 Å². The van der Waals surface area contributed by atoms with Crippen LogP contribution in [0.1, 0.15) is 48.6 Å². The number of halogens is 1. The minimum absolute atomic E-state index is 0.0534. The maximum atomic E-state index is 13.0. The number of aliphatic hydroxyl groups is 1. The molecule has 1 unspecified atom stereocenters. The number of hydrogen-bond acceptors (Lipinski definition) is 4. The van der Waals surface area contributed by atoms with Crippen LogP contribution in [0.25, 0.3) is 5.76 Å². The van der Waals surface area contributed by atoms with Gasteiger partial charge in [-0.3, -0.25) is 9.59 Å². The van der Waals surface area contributed by atoms with Crippen molar-refractivity contribution in [2.45, 2.75) is 39.7 Å². The Morgan fingerprint density at radius 1 is 1.17 bits per heavy atom. The molecule has 1 aliphatic heterocycles. The molecule has 0 bridgehead atoms. The number of ketones is 1. The number of ether oxygens (including phenoxy) is 1. The molecule has 1 heterocycles. The zero-order chi connectivity index (χ0) is 22.0. The third kappa shape index (κ3) is 3.82. The van der Waals surface area contributed by atoms with Crippen LogP contribution in [0.4, 0.5) is 0 Å². The average Bonchev–Trinajstić information content (AvgIpc) is 2.98. The number of hydrogen-bond donors (Lipinski definition) is 1. The van der Waals surface area contributed by atoms with E-state index in [-0.39, 0.29) is 17.1 Å². The Balaban J connectivity index is 2.25. The zero-order valence-electron chi connectivity index (χ0n) is 17.7. The predicted molar refractivity (Wildman–Crippen MR) is 118 cm³/mol. The second-order valence-corrected chi connectivity index (χ2v) is 7.82. The SMILES string of the molecule is CCCN1C(=O)C(=O)/C(=C(/O)c2cc(C)cc(Cl)c2OC)C1c1ccc(CC)cc1. The number of benzene rings is 2. The molecule has 2 aromatic carbocycles. The van der Waals surface area contributed by atoms with Crippen molar-refractivity contribution in [2.24, 2.45) is 0 Å². The largest absolute Gasteiger partial charge is 0.507 e. The number of Topliss-reactive ketones (excluding diaryl/α,β-unsaturated/α-hetero) is 1. The number of carbonyl (C=O) groups is 2. The molecule has 30 heavy (non-hydrogen) atoms. The first-order valence-corrected chi connectivity index (χ1v) is 10.4. The summed E-state index contributed by atoms with van der Waals surface area (Å²) in [6.07, 6.45) is 1.57. The lowest BCUT2D eigenvalue weighted by Gasteiger charge is -2.25. The van der Waals surface area contributed by atoms with Crippen LogP contribution in [-0.2, 0) is 16.0 Å². The highest BCUT2D eigenvalue weighted by molar-refractivity contribution is 6.46. The summed E-state index contributed by atoms with van der Waals surface area (Å²) in [5.74, 6) is -1.33. The van der Waals surface area contributed by atoms with Crippen LogP contribution in [0.3, 0.4) is 0 Å². The van der Waals surface area contributed by atoms with Crippen molar-refractivity contribution in [1.29, 1.82) is 0 Å². The lowest BCUT2D eigenvalue weighted by atomic mass is 9.93. The number of aliphatic hydroxyl groups excluding tert-OH is 1. The van der Waals surface area contributed by atoms with E-state index in [0.29, 0.717) is 23.6 Å². The summed E-state index contributed by atoms with van der Waals surface area (Å²) >= 11 is 6.29. The van der Waals surface area contributed by atoms with Gasteiger partial charge in [-0.2, -0.15) is 0 Å². The molecular weight excluding hydrogens is 402 g/mol. The molecule has 3 rings (SSSR count). The van der Waals surface area contributed by atoms with Crippen LogP contribution in [0.2, 0.25) is 5.02 Å². The van der Waals surface area contributed by atoms with Crippen molar-refractivity contribution in [3.8, 4) is 5.75 Å². The van der Waals surface area contributed by atoms with Gasteiger partial charge in [0.2, 0.25) is 0 Å². The van der Waals surface area contributed by atoms with Gasteiger partial charge in [0.1, 0.15) is 11.5 Å². The molecular formula is C24H26ClNO4. The Hall–Kier alpha value is -2.79. The summed E-state index contributed by atoms with van der Waals surface area (Å²) in [6.45, 7) is 6.25.